The molecule has 1 unspecified atom stereocenters. The molecular weight excluding hydrogens is 380 g/mol. The number of carbonyl (C=O) groups excluding carboxylic acids is 1. The monoisotopic (exact) mass is 406 g/mol. The van der Waals surface area contributed by atoms with Crippen molar-refractivity contribution in [3.05, 3.63) is 72.8 Å². The van der Waals surface area contributed by atoms with E-state index in [-0.39, 0.29) is 11.7 Å². The number of nitrogens with one attached hydrogen (secondary N) is 1. The second kappa shape index (κ2) is 10.1. The van der Waals surface area contributed by atoms with E-state index >= 15 is 0 Å². The van der Waals surface area contributed by atoms with Crippen molar-refractivity contribution in [1.82, 2.24) is 14.8 Å². The number of aromatic nitrogens is 3. The summed E-state index contributed by atoms with van der Waals surface area (Å²) in [6.45, 7) is 8.78. The van der Waals surface area contributed by atoms with Gasteiger partial charge in [-0.15, -0.1) is 16.8 Å². The number of carbonyl (C=O) groups is 1. The molecule has 0 fully saturated rings. The van der Waals surface area contributed by atoms with Gasteiger partial charge in [-0.3, -0.25) is 9.36 Å². The van der Waals surface area contributed by atoms with E-state index in [2.05, 4.69) is 48.1 Å². The Morgan fingerprint density at radius 3 is 2.55 bits per heavy atom. The zero-order chi connectivity index (χ0) is 20.6. The molecular formula is C23H26N4OS. The average molecular weight is 407 g/mol. The van der Waals surface area contributed by atoms with E-state index in [4.69, 9.17) is 0 Å². The molecule has 0 aliphatic rings. The lowest BCUT2D eigenvalue weighted by Crippen LogP contribution is -2.14. The molecule has 0 radical (unpaired) electrons. The van der Waals surface area contributed by atoms with Crippen molar-refractivity contribution in [2.45, 2.75) is 37.9 Å². The summed E-state index contributed by atoms with van der Waals surface area (Å²) >= 11 is 1.37. The molecule has 0 spiro atoms. The van der Waals surface area contributed by atoms with Gasteiger partial charge in [-0.25, -0.2) is 0 Å². The minimum Gasteiger partial charge on any atom is -0.325 e. The van der Waals surface area contributed by atoms with Crippen LogP contribution in [0.25, 0.3) is 11.4 Å². The van der Waals surface area contributed by atoms with Gasteiger partial charge in [0.15, 0.2) is 11.0 Å². The summed E-state index contributed by atoms with van der Waals surface area (Å²) in [5.74, 6) is 1.48. The van der Waals surface area contributed by atoms with Gasteiger partial charge in [-0.2, -0.15) is 0 Å². The third-order valence-electron chi connectivity index (χ3n) is 4.77. The van der Waals surface area contributed by atoms with E-state index in [1.807, 2.05) is 47.0 Å². The number of anilines is 1. The molecule has 150 valence electrons. The van der Waals surface area contributed by atoms with Crippen LogP contribution in [-0.4, -0.2) is 26.4 Å². The number of amides is 1. The summed E-state index contributed by atoms with van der Waals surface area (Å²) in [6, 6.07) is 17.9. The number of thioether (sulfide) groups is 1. The zero-order valence-corrected chi connectivity index (χ0v) is 17.7. The number of rotatable bonds is 9. The largest absolute Gasteiger partial charge is 0.325 e. The zero-order valence-electron chi connectivity index (χ0n) is 16.8. The van der Waals surface area contributed by atoms with Crippen LogP contribution in [-0.2, 0) is 11.3 Å². The van der Waals surface area contributed by atoms with Crippen LogP contribution in [0, 0.1) is 0 Å². The van der Waals surface area contributed by atoms with Crippen LogP contribution in [0.2, 0.25) is 0 Å². The number of hydrogen-bond donors (Lipinski definition) is 1. The minimum atomic E-state index is -0.0688. The molecule has 0 saturated heterocycles. The van der Waals surface area contributed by atoms with Gasteiger partial charge in [0.25, 0.3) is 0 Å². The fourth-order valence-electron chi connectivity index (χ4n) is 2.95. The van der Waals surface area contributed by atoms with Gasteiger partial charge in [-0.05, 0) is 30.0 Å². The Morgan fingerprint density at radius 1 is 1.17 bits per heavy atom. The van der Waals surface area contributed by atoms with Crippen molar-refractivity contribution in [1.29, 1.82) is 0 Å². The van der Waals surface area contributed by atoms with E-state index in [1.165, 1.54) is 17.3 Å². The van der Waals surface area contributed by atoms with Gasteiger partial charge in [0.2, 0.25) is 5.91 Å². The maximum Gasteiger partial charge on any atom is 0.234 e. The highest BCUT2D eigenvalue weighted by atomic mass is 32.2. The van der Waals surface area contributed by atoms with Crippen LogP contribution >= 0.6 is 11.8 Å². The number of benzene rings is 2. The lowest BCUT2D eigenvalue weighted by Gasteiger charge is -2.11. The summed E-state index contributed by atoms with van der Waals surface area (Å²) in [6.07, 6.45) is 2.90. The minimum absolute atomic E-state index is 0.0688. The Labute approximate surface area is 176 Å². The molecule has 0 saturated carbocycles. The highest BCUT2D eigenvalue weighted by Crippen LogP contribution is 2.24. The van der Waals surface area contributed by atoms with Crippen LogP contribution in [0.3, 0.4) is 0 Å². The van der Waals surface area contributed by atoms with Crippen molar-refractivity contribution in [2.75, 3.05) is 11.1 Å². The molecule has 3 rings (SSSR count). The molecule has 3 aromatic rings. The third kappa shape index (κ3) is 5.35. The van der Waals surface area contributed by atoms with Crippen LogP contribution in [0.4, 0.5) is 5.69 Å². The first-order valence-electron chi connectivity index (χ1n) is 9.74. The topological polar surface area (TPSA) is 59.8 Å². The molecule has 0 aliphatic heterocycles. The van der Waals surface area contributed by atoms with Crippen LogP contribution in [0.1, 0.15) is 31.7 Å². The summed E-state index contributed by atoms with van der Waals surface area (Å²) < 4.78 is 1.97. The molecule has 1 atom stereocenters. The molecule has 0 aliphatic carbocycles. The van der Waals surface area contributed by atoms with Gasteiger partial charge in [0.05, 0.1) is 5.75 Å². The molecule has 0 bridgehead atoms. The quantitative estimate of drug-likeness (QED) is 0.383. The molecule has 1 N–H and O–H groups in total. The van der Waals surface area contributed by atoms with E-state index in [0.717, 1.165) is 23.5 Å². The highest BCUT2D eigenvalue weighted by molar-refractivity contribution is 7.99. The van der Waals surface area contributed by atoms with E-state index in [0.29, 0.717) is 17.6 Å². The molecule has 29 heavy (non-hydrogen) atoms. The van der Waals surface area contributed by atoms with Gasteiger partial charge < -0.3 is 5.32 Å². The van der Waals surface area contributed by atoms with Gasteiger partial charge in [0, 0.05) is 17.8 Å². The maximum absolute atomic E-state index is 12.4. The third-order valence-corrected chi connectivity index (χ3v) is 5.74. The highest BCUT2D eigenvalue weighted by Gasteiger charge is 2.15. The van der Waals surface area contributed by atoms with Gasteiger partial charge in [-0.1, -0.05) is 74.1 Å². The van der Waals surface area contributed by atoms with Crippen LogP contribution < -0.4 is 5.32 Å². The fraction of sp³-hybridized carbons (Fsp3) is 0.261. The molecule has 1 heterocycles. The molecule has 5 nitrogen and oxygen atoms in total. The lowest BCUT2D eigenvalue weighted by molar-refractivity contribution is -0.113. The Kier molecular flexibility index (Phi) is 7.25. The van der Waals surface area contributed by atoms with Crippen molar-refractivity contribution >= 4 is 23.4 Å². The van der Waals surface area contributed by atoms with E-state index in [1.54, 1.807) is 6.08 Å². The van der Waals surface area contributed by atoms with Crippen molar-refractivity contribution in [2.24, 2.45) is 0 Å². The SMILES string of the molecule is C=CCn1c(SCC(=O)Nc2ccc(C(C)CC)cc2)nnc1-c1ccccc1. The smallest absolute Gasteiger partial charge is 0.234 e. The van der Waals surface area contributed by atoms with E-state index < -0.39 is 0 Å². The number of hydrogen-bond acceptors (Lipinski definition) is 4. The standard InChI is InChI=1S/C23H26N4OS/c1-4-15-27-22(19-9-7-6-8-10-19)25-26-23(27)29-16-21(28)24-20-13-11-18(12-14-20)17(3)5-2/h4,6-14,17H,1,5,15-16H2,2-3H3,(H,24,28). The molecule has 2 aromatic carbocycles. The summed E-state index contributed by atoms with van der Waals surface area (Å²) in [7, 11) is 0. The summed E-state index contributed by atoms with van der Waals surface area (Å²) in [5.41, 5.74) is 3.07. The predicted molar refractivity (Wildman–Crippen MR) is 120 cm³/mol. The van der Waals surface area contributed by atoms with Crippen molar-refractivity contribution in [3.8, 4) is 11.4 Å². The summed E-state index contributed by atoms with van der Waals surface area (Å²) in [5, 5.41) is 12.2. The first-order valence-corrected chi connectivity index (χ1v) is 10.7. The van der Waals surface area contributed by atoms with Crippen LogP contribution in [0.15, 0.2) is 72.4 Å². The number of nitrogens with zero attached hydrogens (tertiary/aromatic N) is 3. The first kappa shape index (κ1) is 20.9. The normalized spacial score (nSPS) is 11.8. The summed E-state index contributed by atoms with van der Waals surface area (Å²) in [4.78, 5) is 12.4. The maximum atomic E-state index is 12.4. The Balaban J connectivity index is 1.64. The molecule has 6 heteroatoms. The molecule has 1 aromatic heterocycles. The second-order valence-corrected chi connectivity index (χ2v) is 7.78. The average Bonchev–Trinajstić information content (AvgIpc) is 3.16. The van der Waals surface area contributed by atoms with Crippen LogP contribution in [0.5, 0.6) is 0 Å². The predicted octanol–water partition coefficient (Wildman–Crippen LogP) is 5.38. The van der Waals surface area contributed by atoms with E-state index in [9.17, 15) is 4.79 Å². The lowest BCUT2D eigenvalue weighted by atomic mass is 9.99. The van der Waals surface area contributed by atoms with Gasteiger partial charge >= 0.3 is 0 Å². The molecule has 1 amide bonds. The first-order chi connectivity index (χ1) is 14.1. The van der Waals surface area contributed by atoms with Crippen molar-refractivity contribution in [3.63, 3.8) is 0 Å². The Hall–Kier alpha value is -2.86. The Bertz CT molecular complexity index is 951. The second-order valence-electron chi connectivity index (χ2n) is 6.84. The van der Waals surface area contributed by atoms with Crippen molar-refractivity contribution < 1.29 is 4.79 Å². The fourth-order valence-corrected chi connectivity index (χ4v) is 3.70. The van der Waals surface area contributed by atoms with Gasteiger partial charge in [0.1, 0.15) is 0 Å². The Morgan fingerprint density at radius 2 is 1.90 bits per heavy atom. The number of allylic oxidation sites excluding steroid dienone is 1.